The second-order valence-electron chi connectivity index (χ2n) is 5.79. The maximum absolute atomic E-state index is 12.3. The first-order valence-electron chi connectivity index (χ1n) is 7.60. The molecule has 23 heavy (non-hydrogen) atoms. The lowest BCUT2D eigenvalue weighted by atomic mass is 10.1. The molecule has 0 aliphatic carbocycles. The smallest absolute Gasteiger partial charge is 0.274 e. The molecule has 0 radical (unpaired) electrons. The molecule has 0 bridgehead atoms. The van der Waals surface area contributed by atoms with Gasteiger partial charge in [-0.05, 0) is 49.1 Å². The van der Waals surface area contributed by atoms with Gasteiger partial charge in [-0.15, -0.1) is 0 Å². The van der Waals surface area contributed by atoms with E-state index in [0.717, 1.165) is 28.7 Å². The van der Waals surface area contributed by atoms with Gasteiger partial charge in [-0.2, -0.15) is 0 Å². The summed E-state index contributed by atoms with van der Waals surface area (Å²) >= 11 is 3.44. The van der Waals surface area contributed by atoms with Crippen molar-refractivity contribution in [2.24, 2.45) is 5.92 Å². The Morgan fingerprint density at radius 3 is 2.78 bits per heavy atom. The van der Waals surface area contributed by atoms with Crippen LogP contribution in [0, 0.1) is 12.8 Å². The number of benzene rings is 1. The van der Waals surface area contributed by atoms with Crippen molar-refractivity contribution in [1.82, 2.24) is 9.97 Å². The SMILES string of the molecule is Cc1cc(NC(=O)c2ccnc(NCCC(C)C)n2)ccc1Br. The van der Waals surface area contributed by atoms with Gasteiger partial charge in [0.2, 0.25) is 5.95 Å². The van der Waals surface area contributed by atoms with Crippen LogP contribution in [0.1, 0.15) is 36.3 Å². The minimum absolute atomic E-state index is 0.249. The molecule has 0 aliphatic rings. The van der Waals surface area contributed by atoms with E-state index in [9.17, 15) is 4.79 Å². The van der Waals surface area contributed by atoms with Crippen molar-refractivity contribution in [3.63, 3.8) is 0 Å². The summed E-state index contributed by atoms with van der Waals surface area (Å²) in [6.45, 7) is 7.08. The molecule has 0 saturated heterocycles. The third-order valence-electron chi connectivity index (χ3n) is 3.31. The number of aromatic nitrogens is 2. The van der Waals surface area contributed by atoms with Gasteiger partial charge in [0.05, 0.1) is 0 Å². The molecule has 2 aromatic rings. The number of nitrogens with one attached hydrogen (secondary N) is 2. The van der Waals surface area contributed by atoms with Crippen LogP contribution in [0.25, 0.3) is 0 Å². The number of aryl methyl sites for hydroxylation is 1. The Kier molecular flexibility index (Phi) is 6.10. The molecule has 0 unspecified atom stereocenters. The summed E-state index contributed by atoms with van der Waals surface area (Å²) in [6.07, 6.45) is 2.62. The normalized spacial score (nSPS) is 10.7. The molecule has 1 aromatic carbocycles. The van der Waals surface area contributed by atoms with Gasteiger partial charge >= 0.3 is 0 Å². The van der Waals surface area contributed by atoms with Crippen molar-refractivity contribution in [2.75, 3.05) is 17.2 Å². The molecular weight excluding hydrogens is 356 g/mol. The van der Waals surface area contributed by atoms with E-state index in [0.29, 0.717) is 17.6 Å². The number of amides is 1. The minimum atomic E-state index is -0.249. The maximum Gasteiger partial charge on any atom is 0.274 e. The molecule has 0 aliphatic heterocycles. The zero-order chi connectivity index (χ0) is 16.8. The van der Waals surface area contributed by atoms with E-state index in [1.807, 2.05) is 25.1 Å². The lowest BCUT2D eigenvalue weighted by Gasteiger charge is -2.09. The summed E-state index contributed by atoms with van der Waals surface area (Å²) in [4.78, 5) is 20.7. The van der Waals surface area contributed by atoms with Crippen LogP contribution in [0.3, 0.4) is 0 Å². The Labute approximate surface area is 145 Å². The van der Waals surface area contributed by atoms with Crippen LogP contribution in [0.2, 0.25) is 0 Å². The Bertz CT molecular complexity index is 688. The van der Waals surface area contributed by atoms with Crippen molar-refractivity contribution in [3.8, 4) is 0 Å². The lowest BCUT2D eigenvalue weighted by Crippen LogP contribution is -2.16. The zero-order valence-corrected chi connectivity index (χ0v) is 15.1. The summed E-state index contributed by atoms with van der Waals surface area (Å²) in [5.41, 5.74) is 2.14. The predicted molar refractivity (Wildman–Crippen MR) is 96.8 cm³/mol. The van der Waals surface area contributed by atoms with Gasteiger partial charge in [0, 0.05) is 22.9 Å². The van der Waals surface area contributed by atoms with Crippen LogP contribution in [-0.2, 0) is 0 Å². The number of carbonyl (C=O) groups is 1. The summed E-state index contributed by atoms with van der Waals surface area (Å²) in [6, 6.07) is 7.27. The topological polar surface area (TPSA) is 66.9 Å². The van der Waals surface area contributed by atoms with Crippen molar-refractivity contribution in [3.05, 3.63) is 46.2 Å². The van der Waals surface area contributed by atoms with Crippen LogP contribution in [0.15, 0.2) is 34.9 Å². The highest BCUT2D eigenvalue weighted by molar-refractivity contribution is 9.10. The van der Waals surface area contributed by atoms with Crippen LogP contribution in [0.4, 0.5) is 11.6 Å². The largest absolute Gasteiger partial charge is 0.354 e. The fraction of sp³-hybridized carbons (Fsp3) is 0.353. The third kappa shape index (κ3) is 5.32. The summed E-state index contributed by atoms with van der Waals surface area (Å²) in [7, 11) is 0. The molecule has 5 nitrogen and oxygen atoms in total. The van der Waals surface area contributed by atoms with Crippen molar-refractivity contribution >= 4 is 33.5 Å². The second kappa shape index (κ2) is 8.06. The van der Waals surface area contributed by atoms with Gasteiger partial charge < -0.3 is 10.6 Å². The highest BCUT2D eigenvalue weighted by Crippen LogP contribution is 2.20. The number of hydrogen-bond donors (Lipinski definition) is 2. The van der Waals surface area contributed by atoms with E-state index in [-0.39, 0.29) is 5.91 Å². The van der Waals surface area contributed by atoms with E-state index in [4.69, 9.17) is 0 Å². The minimum Gasteiger partial charge on any atom is -0.354 e. The van der Waals surface area contributed by atoms with Gasteiger partial charge in [0.15, 0.2) is 0 Å². The molecule has 0 spiro atoms. The van der Waals surface area contributed by atoms with E-state index in [1.165, 1.54) is 0 Å². The number of anilines is 2. The van der Waals surface area contributed by atoms with Crippen LogP contribution in [0.5, 0.6) is 0 Å². The molecule has 0 saturated carbocycles. The molecule has 0 fully saturated rings. The number of halogens is 1. The number of rotatable bonds is 6. The van der Waals surface area contributed by atoms with E-state index < -0.39 is 0 Å². The predicted octanol–water partition coefficient (Wildman–Crippen LogP) is 4.26. The Morgan fingerprint density at radius 2 is 2.09 bits per heavy atom. The van der Waals surface area contributed by atoms with Gasteiger partial charge in [0.25, 0.3) is 5.91 Å². The molecule has 122 valence electrons. The summed E-state index contributed by atoms with van der Waals surface area (Å²) in [5, 5.41) is 5.99. The highest BCUT2D eigenvalue weighted by atomic mass is 79.9. The van der Waals surface area contributed by atoms with Crippen LogP contribution in [-0.4, -0.2) is 22.4 Å². The average Bonchev–Trinajstić information content (AvgIpc) is 2.51. The van der Waals surface area contributed by atoms with Gasteiger partial charge in [-0.1, -0.05) is 29.8 Å². The van der Waals surface area contributed by atoms with Gasteiger partial charge in [0.1, 0.15) is 5.69 Å². The number of carbonyl (C=O) groups excluding carboxylic acids is 1. The molecule has 6 heteroatoms. The number of hydrogen-bond acceptors (Lipinski definition) is 4. The van der Waals surface area contributed by atoms with Crippen molar-refractivity contribution < 1.29 is 4.79 Å². The third-order valence-corrected chi connectivity index (χ3v) is 4.20. The Balaban J connectivity index is 2.02. The first-order valence-corrected chi connectivity index (χ1v) is 8.39. The van der Waals surface area contributed by atoms with E-state index in [1.54, 1.807) is 12.3 Å². The van der Waals surface area contributed by atoms with Crippen molar-refractivity contribution in [1.29, 1.82) is 0 Å². The fourth-order valence-electron chi connectivity index (χ4n) is 1.96. The molecule has 1 heterocycles. The Hall–Kier alpha value is -1.95. The lowest BCUT2D eigenvalue weighted by molar-refractivity contribution is 0.102. The van der Waals surface area contributed by atoms with Crippen LogP contribution >= 0.6 is 15.9 Å². The van der Waals surface area contributed by atoms with Crippen molar-refractivity contribution in [2.45, 2.75) is 27.2 Å². The van der Waals surface area contributed by atoms with E-state index in [2.05, 4.69) is 50.4 Å². The summed E-state index contributed by atoms with van der Waals surface area (Å²) < 4.78 is 1.01. The molecule has 1 amide bonds. The maximum atomic E-state index is 12.3. The molecule has 2 rings (SSSR count). The van der Waals surface area contributed by atoms with Crippen LogP contribution < -0.4 is 10.6 Å². The zero-order valence-electron chi connectivity index (χ0n) is 13.6. The molecular formula is C17H21BrN4O. The van der Waals surface area contributed by atoms with Gasteiger partial charge in [-0.3, -0.25) is 4.79 Å². The summed E-state index contributed by atoms with van der Waals surface area (Å²) in [5.74, 6) is 0.834. The van der Waals surface area contributed by atoms with E-state index >= 15 is 0 Å². The second-order valence-corrected chi connectivity index (χ2v) is 6.65. The highest BCUT2D eigenvalue weighted by Gasteiger charge is 2.10. The standard InChI is InChI=1S/C17H21BrN4O/c1-11(2)6-8-19-17-20-9-7-15(22-17)16(23)21-13-4-5-14(18)12(3)10-13/h4-5,7,9-11H,6,8H2,1-3H3,(H,21,23)(H,19,20,22). The number of nitrogens with zero attached hydrogens (tertiary/aromatic N) is 2. The fourth-order valence-corrected chi connectivity index (χ4v) is 2.21. The Morgan fingerprint density at radius 1 is 1.30 bits per heavy atom. The molecule has 1 aromatic heterocycles. The first-order chi connectivity index (χ1) is 11.0. The molecule has 0 atom stereocenters. The first kappa shape index (κ1) is 17.4. The average molecular weight is 377 g/mol. The van der Waals surface area contributed by atoms with Gasteiger partial charge in [-0.25, -0.2) is 9.97 Å². The quantitative estimate of drug-likeness (QED) is 0.790. The monoisotopic (exact) mass is 376 g/mol. The molecule has 2 N–H and O–H groups in total.